The molecule has 5 nitrogen and oxygen atoms in total. The number of aliphatic hydroxyl groups is 2. The zero-order valence-corrected chi connectivity index (χ0v) is 27.7. The maximum atomic E-state index is 12.2. The van der Waals surface area contributed by atoms with Crippen molar-refractivity contribution in [2.45, 2.75) is 82.6 Å². The second-order valence-electron chi connectivity index (χ2n) is 11.3. The van der Waals surface area contributed by atoms with Crippen molar-refractivity contribution >= 4 is 23.4 Å². The summed E-state index contributed by atoms with van der Waals surface area (Å²) in [6.45, 7) is 8.67. The lowest BCUT2D eigenvalue weighted by molar-refractivity contribution is -0.124. The fourth-order valence-corrected chi connectivity index (χ4v) is 6.37. The van der Waals surface area contributed by atoms with Gasteiger partial charge in [0.15, 0.2) is 0 Å². The highest BCUT2D eigenvalue weighted by Gasteiger charge is 2.38. The second kappa shape index (κ2) is 17.3. The Kier molecular flexibility index (Phi) is 13.3. The lowest BCUT2D eigenvalue weighted by Gasteiger charge is -2.40. The van der Waals surface area contributed by atoms with E-state index in [1.54, 1.807) is 11.8 Å². The van der Waals surface area contributed by atoms with Crippen molar-refractivity contribution < 1.29 is 19.7 Å². The van der Waals surface area contributed by atoms with Crippen LogP contribution in [0, 0.1) is 6.92 Å². The number of rotatable bonds is 8. The summed E-state index contributed by atoms with van der Waals surface area (Å²) in [7, 11) is 0. The van der Waals surface area contributed by atoms with Crippen LogP contribution in [0.3, 0.4) is 0 Å². The van der Waals surface area contributed by atoms with Crippen LogP contribution in [0.15, 0.2) is 108 Å². The van der Waals surface area contributed by atoms with E-state index in [1.165, 1.54) is 27.1 Å². The maximum Gasteiger partial charge on any atom is 0.230 e. The van der Waals surface area contributed by atoms with Crippen molar-refractivity contribution in [3.8, 4) is 11.1 Å². The summed E-state index contributed by atoms with van der Waals surface area (Å²) >= 11 is 1.77. The number of carbonyl (C=O) groups is 1. The summed E-state index contributed by atoms with van der Waals surface area (Å²) in [6.07, 6.45) is 2.42. The molecule has 2 aliphatic heterocycles. The monoisotopic (exact) mass is 625 g/mol. The molecule has 0 bridgehead atoms. The summed E-state index contributed by atoms with van der Waals surface area (Å²) in [5.41, 5.74) is 6.71. The second-order valence-corrected chi connectivity index (χ2v) is 12.4. The number of aryl methyl sites for hydroxylation is 1. The molecule has 6 heteroatoms. The van der Waals surface area contributed by atoms with Crippen LogP contribution in [0.4, 0.5) is 5.69 Å². The molecule has 0 radical (unpaired) electrons. The van der Waals surface area contributed by atoms with Crippen molar-refractivity contribution in [3.05, 3.63) is 120 Å². The minimum absolute atomic E-state index is 0.109. The highest BCUT2D eigenvalue weighted by Crippen LogP contribution is 2.39. The third kappa shape index (κ3) is 9.54. The van der Waals surface area contributed by atoms with E-state index in [1.807, 2.05) is 87.2 Å². The Bertz CT molecular complexity index is 1440. The number of nitrogens with zero attached hydrogens (tertiary/aromatic N) is 1. The Morgan fingerprint density at radius 2 is 1.51 bits per heavy atom. The van der Waals surface area contributed by atoms with Gasteiger partial charge in [0.25, 0.3) is 0 Å². The molecule has 2 aliphatic rings. The molecule has 6 rings (SSSR count). The highest BCUT2D eigenvalue weighted by molar-refractivity contribution is 7.99. The summed E-state index contributed by atoms with van der Waals surface area (Å²) in [5.74, 6) is 1.04. The molecule has 45 heavy (non-hydrogen) atoms. The smallest absolute Gasteiger partial charge is 0.230 e. The van der Waals surface area contributed by atoms with E-state index in [0.29, 0.717) is 13.0 Å². The molecule has 2 saturated heterocycles. The fraction of sp³-hybridized carbons (Fsp3) is 0.359. The third-order valence-corrected chi connectivity index (χ3v) is 9.23. The van der Waals surface area contributed by atoms with Gasteiger partial charge in [0.05, 0.1) is 30.8 Å². The van der Waals surface area contributed by atoms with Crippen molar-refractivity contribution in [1.82, 2.24) is 0 Å². The van der Waals surface area contributed by atoms with Gasteiger partial charge in [0.1, 0.15) is 0 Å². The third-order valence-electron chi connectivity index (χ3n) is 8.09. The number of para-hydroxylation sites is 1. The summed E-state index contributed by atoms with van der Waals surface area (Å²) in [5, 5.41) is 19.2. The maximum absolute atomic E-state index is 12.2. The predicted molar refractivity (Wildman–Crippen MR) is 187 cm³/mol. The number of anilines is 1. The van der Waals surface area contributed by atoms with Crippen molar-refractivity contribution in [2.24, 2.45) is 0 Å². The minimum Gasteiger partial charge on any atom is -0.393 e. The van der Waals surface area contributed by atoms with Crippen LogP contribution < -0.4 is 4.90 Å². The van der Waals surface area contributed by atoms with Crippen LogP contribution in [0.25, 0.3) is 11.1 Å². The Morgan fingerprint density at radius 3 is 2.09 bits per heavy atom. The Hall–Kier alpha value is -3.42. The molecule has 0 saturated carbocycles. The number of ether oxygens (including phenoxy) is 1. The summed E-state index contributed by atoms with van der Waals surface area (Å²) < 4.78 is 5.74. The van der Waals surface area contributed by atoms with Crippen LogP contribution in [-0.4, -0.2) is 40.7 Å². The standard InChI is InChI=1S/C27H27NO3S.C10H14O.C2H6/c29-23-14-15-31-24(16-23)18-32-25-12-10-20(11-13-25)19-6-8-21(9-7-19)26-17-27(30)28(26)22-4-2-1-3-5-22;1-3-10(11)9-6-4-8(2)5-7-9;1-2/h1-13,23-24,26,29H,14-18H2;4-7,10-11H,3H2,1-2H3;1-2H3. The topological polar surface area (TPSA) is 70.0 Å². The van der Waals surface area contributed by atoms with Crippen molar-refractivity contribution in [1.29, 1.82) is 0 Å². The first-order valence-corrected chi connectivity index (χ1v) is 17.1. The number of hydrogen-bond acceptors (Lipinski definition) is 5. The molecule has 4 atom stereocenters. The average molecular weight is 626 g/mol. The first-order chi connectivity index (χ1) is 21.9. The summed E-state index contributed by atoms with van der Waals surface area (Å²) in [6, 6.07) is 35.1. The van der Waals surface area contributed by atoms with Gasteiger partial charge in [0, 0.05) is 29.4 Å². The highest BCUT2D eigenvalue weighted by atomic mass is 32.2. The van der Waals surface area contributed by atoms with Crippen LogP contribution in [-0.2, 0) is 9.53 Å². The zero-order valence-electron chi connectivity index (χ0n) is 26.9. The van der Waals surface area contributed by atoms with Gasteiger partial charge in [-0.25, -0.2) is 0 Å². The molecule has 2 heterocycles. The molecule has 238 valence electrons. The molecule has 4 aromatic carbocycles. The quantitative estimate of drug-likeness (QED) is 0.151. The molecule has 0 aromatic heterocycles. The van der Waals surface area contributed by atoms with Crippen LogP contribution in [0.1, 0.15) is 75.3 Å². The lowest BCUT2D eigenvalue weighted by atomic mass is 9.91. The molecular weight excluding hydrogens is 578 g/mol. The number of thioether (sulfide) groups is 1. The molecule has 1 amide bonds. The van der Waals surface area contributed by atoms with Crippen LogP contribution >= 0.6 is 11.8 Å². The zero-order chi connectivity index (χ0) is 32.2. The predicted octanol–water partition coefficient (Wildman–Crippen LogP) is 8.93. The number of aliphatic hydroxyl groups excluding tert-OH is 2. The number of carbonyl (C=O) groups excluding carboxylic acids is 1. The van der Waals surface area contributed by atoms with Gasteiger partial charge in [-0.15, -0.1) is 11.8 Å². The Balaban J connectivity index is 0.000000299. The van der Waals surface area contributed by atoms with E-state index < -0.39 is 0 Å². The summed E-state index contributed by atoms with van der Waals surface area (Å²) in [4.78, 5) is 15.3. The molecule has 2 fully saturated rings. The van der Waals surface area contributed by atoms with Crippen molar-refractivity contribution in [3.63, 3.8) is 0 Å². The number of benzene rings is 4. The van der Waals surface area contributed by atoms with Crippen LogP contribution in [0.2, 0.25) is 0 Å². The SMILES string of the molecule is CC.CCC(O)c1ccc(C)cc1.O=C1CC(c2ccc(-c3ccc(SCC4CC(O)CCO4)cc3)cc2)N1c1ccccc1. The molecule has 0 aliphatic carbocycles. The van der Waals surface area contributed by atoms with E-state index in [2.05, 4.69) is 48.5 Å². The van der Waals surface area contributed by atoms with E-state index in [9.17, 15) is 15.0 Å². The largest absolute Gasteiger partial charge is 0.393 e. The van der Waals surface area contributed by atoms with Gasteiger partial charge >= 0.3 is 0 Å². The van der Waals surface area contributed by atoms with Gasteiger partial charge in [-0.05, 0) is 66.3 Å². The average Bonchev–Trinajstić information content (AvgIpc) is 3.08. The fourth-order valence-electron chi connectivity index (χ4n) is 5.43. The Morgan fingerprint density at radius 1 is 0.889 bits per heavy atom. The molecule has 2 N–H and O–H groups in total. The number of hydrogen-bond donors (Lipinski definition) is 2. The van der Waals surface area contributed by atoms with Gasteiger partial charge in [-0.2, -0.15) is 0 Å². The van der Waals surface area contributed by atoms with Crippen molar-refractivity contribution in [2.75, 3.05) is 17.3 Å². The molecule has 0 spiro atoms. The van der Waals surface area contributed by atoms with E-state index in [0.717, 1.165) is 36.3 Å². The van der Waals surface area contributed by atoms with Gasteiger partial charge in [-0.1, -0.05) is 105 Å². The van der Waals surface area contributed by atoms with Gasteiger partial charge in [-0.3, -0.25) is 4.79 Å². The number of β-lactam (4-membered cyclic amide) rings is 1. The van der Waals surface area contributed by atoms with E-state index in [-0.39, 0.29) is 30.3 Å². The van der Waals surface area contributed by atoms with Gasteiger partial charge < -0.3 is 19.8 Å². The lowest BCUT2D eigenvalue weighted by Crippen LogP contribution is -2.46. The van der Waals surface area contributed by atoms with Crippen LogP contribution in [0.5, 0.6) is 0 Å². The first kappa shape index (κ1) is 34.5. The van der Waals surface area contributed by atoms with E-state index >= 15 is 0 Å². The molecule has 4 aromatic rings. The Labute approximate surface area is 273 Å². The molecule has 4 unspecified atom stereocenters. The number of amides is 1. The normalized spacial score (nSPS) is 19.7. The van der Waals surface area contributed by atoms with Gasteiger partial charge in [0.2, 0.25) is 5.91 Å². The molecular formula is C39H47NO4S. The first-order valence-electron chi connectivity index (χ1n) is 16.2. The van der Waals surface area contributed by atoms with E-state index in [4.69, 9.17) is 4.74 Å². The minimum atomic E-state index is -0.296.